The van der Waals surface area contributed by atoms with Crippen molar-refractivity contribution >= 4 is 6.01 Å². The Kier molecular flexibility index (Phi) is 4.60. The van der Waals surface area contributed by atoms with Crippen molar-refractivity contribution in [2.75, 3.05) is 25.1 Å². The van der Waals surface area contributed by atoms with Crippen molar-refractivity contribution in [3.05, 3.63) is 12.0 Å². The van der Waals surface area contributed by atoms with Crippen LogP contribution in [0.3, 0.4) is 0 Å². The topological polar surface area (TPSA) is 50.5 Å². The molecule has 0 radical (unpaired) electrons. The molecule has 2 atom stereocenters. The molecule has 0 aliphatic carbocycles. The van der Waals surface area contributed by atoms with Crippen molar-refractivity contribution < 1.29 is 9.15 Å². The number of likely N-dealkylation sites (N-methyl/N-ethyl adjacent to an activating group) is 1. The fraction of sp³-hybridized carbons (Fsp3) is 0.769. The maximum atomic E-state index is 5.57. The molecule has 0 amide bonds. The fourth-order valence-electron chi connectivity index (χ4n) is 2.30. The van der Waals surface area contributed by atoms with Crippen LogP contribution in [0.2, 0.25) is 0 Å². The quantitative estimate of drug-likeness (QED) is 0.783. The van der Waals surface area contributed by atoms with Gasteiger partial charge in [-0.05, 0) is 26.3 Å². The Morgan fingerprint density at radius 3 is 3.06 bits per heavy atom. The van der Waals surface area contributed by atoms with Gasteiger partial charge in [0.05, 0.1) is 17.8 Å². The number of anilines is 1. The standard InChI is InChI=1S/C13H23N3O2/c1-4-6-14-8-11-9-18-13(15-11)16(3)12-5-7-17-10(12)2/h9-10,12,14H,4-8H2,1-3H3. The molecular weight excluding hydrogens is 230 g/mol. The van der Waals surface area contributed by atoms with Gasteiger partial charge in [0.25, 0.3) is 6.01 Å². The van der Waals surface area contributed by atoms with E-state index < -0.39 is 0 Å². The summed E-state index contributed by atoms with van der Waals surface area (Å²) in [6.45, 7) is 6.84. The van der Waals surface area contributed by atoms with Gasteiger partial charge in [0, 0.05) is 20.2 Å². The van der Waals surface area contributed by atoms with E-state index in [2.05, 4.69) is 29.0 Å². The van der Waals surface area contributed by atoms with Gasteiger partial charge in [-0.2, -0.15) is 4.98 Å². The molecule has 0 bridgehead atoms. The number of nitrogens with zero attached hydrogens (tertiary/aromatic N) is 2. The number of oxazole rings is 1. The molecule has 2 unspecified atom stereocenters. The number of hydrogen-bond acceptors (Lipinski definition) is 5. The molecule has 5 heteroatoms. The Bertz CT molecular complexity index is 367. The lowest BCUT2D eigenvalue weighted by atomic mass is 10.1. The van der Waals surface area contributed by atoms with E-state index in [9.17, 15) is 0 Å². The van der Waals surface area contributed by atoms with Gasteiger partial charge in [-0.3, -0.25) is 0 Å². The summed E-state index contributed by atoms with van der Waals surface area (Å²) in [6, 6.07) is 1.05. The number of rotatable bonds is 6. The lowest BCUT2D eigenvalue weighted by Crippen LogP contribution is -2.36. The zero-order valence-corrected chi connectivity index (χ0v) is 11.5. The van der Waals surface area contributed by atoms with Crippen LogP contribution in [0.25, 0.3) is 0 Å². The Hall–Kier alpha value is -1.07. The summed E-state index contributed by atoms with van der Waals surface area (Å²) in [5, 5.41) is 3.32. The van der Waals surface area contributed by atoms with Crippen LogP contribution in [0, 0.1) is 0 Å². The average Bonchev–Trinajstić information content (AvgIpc) is 2.98. The first-order chi connectivity index (χ1) is 8.72. The van der Waals surface area contributed by atoms with Crippen molar-refractivity contribution in [3.63, 3.8) is 0 Å². The third-order valence-corrected chi connectivity index (χ3v) is 3.41. The Labute approximate surface area is 109 Å². The molecule has 1 aliphatic rings. The van der Waals surface area contributed by atoms with Crippen LogP contribution in [-0.2, 0) is 11.3 Å². The number of hydrogen-bond donors (Lipinski definition) is 1. The van der Waals surface area contributed by atoms with Gasteiger partial charge in [-0.1, -0.05) is 6.92 Å². The lowest BCUT2D eigenvalue weighted by molar-refractivity contribution is 0.117. The molecule has 1 aromatic rings. The molecule has 1 fully saturated rings. The van der Waals surface area contributed by atoms with Crippen molar-refractivity contribution in [2.24, 2.45) is 0 Å². The van der Waals surface area contributed by atoms with E-state index in [4.69, 9.17) is 9.15 Å². The van der Waals surface area contributed by atoms with Crippen LogP contribution in [0.4, 0.5) is 6.01 Å². The van der Waals surface area contributed by atoms with Crippen LogP contribution in [0.5, 0.6) is 0 Å². The summed E-state index contributed by atoms with van der Waals surface area (Å²) in [4.78, 5) is 6.59. The Morgan fingerprint density at radius 1 is 1.56 bits per heavy atom. The molecule has 1 aromatic heterocycles. The van der Waals surface area contributed by atoms with Gasteiger partial charge in [0.2, 0.25) is 0 Å². The molecule has 1 saturated heterocycles. The third-order valence-electron chi connectivity index (χ3n) is 3.41. The summed E-state index contributed by atoms with van der Waals surface area (Å²) < 4.78 is 11.1. The van der Waals surface area contributed by atoms with Crippen LogP contribution < -0.4 is 10.2 Å². The molecule has 0 spiro atoms. The molecular formula is C13H23N3O2. The molecule has 1 aliphatic heterocycles. The fourth-order valence-corrected chi connectivity index (χ4v) is 2.30. The van der Waals surface area contributed by atoms with Crippen LogP contribution in [-0.4, -0.2) is 37.3 Å². The lowest BCUT2D eigenvalue weighted by Gasteiger charge is -2.24. The van der Waals surface area contributed by atoms with Gasteiger partial charge in [-0.25, -0.2) is 0 Å². The van der Waals surface area contributed by atoms with E-state index in [0.29, 0.717) is 12.1 Å². The normalized spacial score (nSPS) is 23.5. The van der Waals surface area contributed by atoms with Gasteiger partial charge < -0.3 is 19.4 Å². The summed E-state index contributed by atoms with van der Waals surface area (Å²) in [5.41, 5.74) is 0.955. The van der Waals surface area contributed by atoms with Gasteiger partial charge in [0.15, 0.2) is 0 Å². The van der Waals surface area contributed by atoms with Crippen LogP contribution >= 0.6 is 0 Å². The minimum Gasteiger partial charge on any atom is -0.432 e. The molecule has 2 heterocycles. The SMILES string of the molecule is CCCNCc1coc(N(C)C2CCOC2C)n1. The highest BCUT2D eigenvalue weighted by Crippen LogP contribution is 2.23. The molecule has 102 valence electrons. The Balaban J connectivity index is 1.92. The van der Waals surface area contributed by atoms with Gasteiger partial charge >= 0.3 is 0 Å². The second-order valence-corrected chi connectivity index (χ2v) is 4.84. The first-order valence-electron chi connectivity index (χ1n) is 6.72. The number of aromatic nitrogens is 1. The molecule has 0 aromatic carbocycles. The largest absolute Gasteiger partial charge is 0.432 e. The van der Waals surface area contributed by atoms with Crippen molar-refractivity contribution in [1.29, 1.82) is 0 Å². The maximum Gasteiger partial charge on any atom is 0.297 e. The zero-order chi connectivity index (χ0) is 13.0. The highest BCUT2D eigenvalue weighted by atomic mass is 16.5. The van der Waals surface area contributed by atoms with E-state index in [0.717, 1.165) is 38.2 Å². The zero-order valence-electron chi connectivity index (χ0n) is 11.5. The molecule has 1 N–H and O–H groups in total. The van der Waals surface area contributed by atoms with E-state index in [1.807, 2.05) is 7.05 Å². The predicted octanol–water partition coefficient (Wildman–Crippen LogP) is 1.79. The second kappa shape index (κ2) is 6.20. The summed E-state index contributed by atoms with van der Waals surface area (Å²) in [7, 11) is 2.02. The van der Waals surface area contributed by atoms with E-state index in [-0.39, 0.29) is 6.10 Å². The van der Waals surface area contributed by atoms with Crippen molar-refractivity contribution in [1.82, 2.24) is 10.3 Å². The predicted molar refractivity (Wildman–Crippen MR) is 70.7 cm³/mol. The Morgan fingerprint density at radius 2 is 2.39 bits per heavy atom. The van der Waals surface area contributed by atoms with Crippen LogP contribution in [0.15, 0.2) is 10.7 Å². The average molecular weight is 253 g/mol. The number of nitrogens with one attached hydrogen (secondary N) is 1. The summed E-state index contributed by atoms with van der Waals surface area (Å²) >= 11 is 0. The smallest absolute Gasteiger partial charge is 0.297 e. The highest BCUT2D eigenvalue weighted by Gasteiger charge is 2.30. The molecule has 5 nitrogen and oxygen atoms in total. The molecule has 0 saturated carbocycles. The number of ether oxygens (including phenoxy) is 1. The monoisotopic (exact) mass is 253 g/mol. The molecule has 2 rings (SSSR count). The van der Waals surface area contributed by atoms with Crippen LogP contribution in [0.1, 0.15) is 32.4 Å². The third kappa shape index (κ3) is 3.03. The van der Waals surface area contributed by atoms with Gasteiger partial charge in [-0.15, -0.1) is 0 Å². The van der Waals surface area contributed by atoms with Gasteiger partial charge in [0.1, 0.15) is 6.26 Å². The molecule has 18 heavy (non-hydrogen) atoms. The second-order valence-electron chi connectivity index (χ2n) is 4.84. The van der Waals surface area contributed by atoms with E-state index in [1.54, 1.807) is 6.26 Å². The summed E-state index contributed by atoms with van der Waals surface area (Å²) in [5.74, 6) is 0. The first kappa shape index (κ1) is 13.4. The minimum atomic E-state index is 0.239. The van der Waals surface area contributed by atoms with E-state index in [1.165, 1.54) is 0 Å². The summed E-state index contributed by atoms with van der Waals surface area (Å²) in [6.07, 6.45) is 4.13. The highest BCUT2D eigenvalue weighted by molar-refractivity contribution is 5.28. The maximum absolute atomic E-state index is 5.57. The minimum absolute atomic E-state index is 0.239. The van der Waals surface area contributed by atoms with Crippen molar-refractivity contribution in [3.8, 4) is 0 Å². The van der Waals surface area contributed by atoms with Crippen molar-refractivity contribution in [2.45, 2.75) is 45.4 Å². The first-order valence-corrected chi connectivity index (χ1v) is 6.72. The van der Waals surface area contributed by atoms with E-state index >= 15 is 0 Å².